The fraction of sp³-hybridized carbons (Fsp3) is 0.235. The van der Waals surface area contributed by atoms with E-state index in [1.165, 1.54) is 4.90 Å². The van der Waals surface area contributed by atoms with Crippen molar-refractivity contribution >= 4 is 29.0 Å². The zero-order chi connectivity index (χ0) is 14.8. The summed E-state index contributed by atoms with van der Waals surface area (Å²) < 4.78 is 0. The summed E-state index contributed by atoms with van der Waals surface area (Å²) in [5.74, 6) is 0.752. The molecule has 0 radical (unpaired) electrons. The Morgan fingerprint density at radius 3 is 2.90 bits per heavy atom. The number of nitrogens with two attached hydrogens (primary N) is 1. The maximum atomic E-state index is 12.5. The number of aryl methyl sites for hydroxylation is 1. The number of carbonyl (C=O) groups excluding carboxylic acids is 1. The molecule has 0 bridgehead atoms. The fourth-order valence-electron chi connectivity index (χ4n) is 2.60. The van der Waals surface area contributed by atoms with Gasteiger partial charge in [-0.3, -0.25) is 4.79 Å². The first-order valence-corrected chi connectivity index (χ1v) is 8.08. The zero-order valence-corrected chi connectivity index (χ0v) is 12.7. The summed E-state index contributed by atoms with van der Waals surface area (Å²) >= 11 is 1.74. The molecular formula is C17H18N2OS. The summed E-state index contributed by atoms with van der Waals surface area (Å²) in [6, 6.07) is 13.8. The van der Waals surface area contributed by atoms with E-state index in [9.17, 15) is 4.79 Å². The second-order valence-corrected chi connectivity index (χ2v) is 6.22. The summed E-state index contributed by atoms with van der Waals surface area (Å²) in [4.78, 5) is 13.7. The first kappa shape index (κ1) is 14.0. The topological polar surface area (TPSA) is 55.1 Å². The van der Waals surface area contributed by atoms with Crippen LogP contribution in [0.1, 0.15) is 24.0 Å². The van der Waals surface area contributed by atoms with Crippen molar-refractivity contribution in [1.29, 1.82) is 0 Å². The largest absolute Gasteiger partial charge is 0.398 e. The molecule has 2 aromatic rings. The lowest BCUT2D eigenvalue weighted by atomic mass is 10.0. The van der Waals surface area contributed by atoms with E-state index in [2.05, 4.69) is 18.3 Å². The molecule has 0 spiro atoms. The molecule has 21 heavy (non-hydrogen) atoms. The zero-order valence-electron chi connectivity index (χ0n) is 11.9. The minimum Gasteiger partial charge on any atom is -0.398 e. The molecule has 1 unspecified atom stereocenters. The summed E-state index contributed by atoms with van der Waals surface area (Å²) in [5, 5.41) is 2.98. The molecule has 4 heteroatoms. The van der Waals surface area contributed by atoms with E-state index >= 15 is 0 Å². The van der Waals surface area contributed by atoms with E-state index in [-0.39, 0.29) is 11.8 Å². The van der Waals surface area contributed by atoms with Crippen molar-refractivity contribution in [2.45, 2.75) is 24.2 Å². The molecule has 0 fully saturated rings. The van der Waals surface area contributed by atoms with E-state index in [0.29, 0.717) is 0 Å². The fourth-order valence-corrected chi connectivity index (χ4v) is 3.83. The lowest BCUT2D eigenvalue weighted by Gasteiger charge is -2.13. The summed E-state index contributed by atoms with van der Waals surface area (Å²) in [6.45, 7) is 2.07. The minimum absolute atomic E-state index is 0.0381. The highest BCUT2D eigenvalue weighted by Crippen LogP contribution is 2.39. The van der Waals surface area contributed by atoms with E-state index < -0.39 is 0 Å². The van der Waals surface area contributed by atoms with E-state index in [1.54, 1.807) is 11.8 Å². The number of hydrogen-bond acceptors (Lipinski definition) is 3. The van der Waals surface area contributed by atoms with Gasteiger partial charge in [-0.15, -0.1) is 11.8 Å². The van der Waals surface area contributed by atoms with Gasteiger partial charge in [-0.25, -0.2) is 0 Å². The Morgan fingerprint density at radius 1 is 1.33 bits per heavy atom. The quantitative estimate of drug-likeness (QED) is 0.850. The van der Waals surface area contributed by atoms with Crippen LogP contribution >= 0.6 is 11.8 Å². The highest BCUT2D eigenvalue weighted by Gasteiger charge is 2.28. The third-order valence-electron chi connectivity index (χ3n) is 3.81. The van der Waals surface area contributed by atoms with Gasteiger partial charge in [0, 0.05) is 22.0 Å². The molecule has 0 aromatic heterocycles. The van der Waals surface area contributed by atoms with Crippen LogP contribution in [0.3, 0.4) is 0 Å². The Morgan fingerprint density at radius 2 is 2.14 bits per heavy atom. The van der Waals surface area contributed by atoms with Crippen LogP contribution in [0.2, 0.25) is 0 Å². The van der Waals surface area contributed by atoms with E-state index in [0.717, 1.165) is 34.7 Å². The summed E-state index contributed by atoms with van der Waals surface area (Å²) in [6.07, 6.45) is 0.896. The molecule has 1 aliphatic rings. The average molecular weight is 298 g/mol. The lowest BCUT2D eigenvalue weighted by Crippen LogP contribution is -2.21. The van der Waals surface area contributed by atoms with Crippen LogP contribution in [0.15, 0.2) is 47.4 Å². The average Bonchev–Trinajstić information content (AvgIpc) is 2.91. The predicted octanol–water partition coefficient (Wildman–Crippen LogP) is 3.66. The molecule has 1 heterocycles. The first-order chi connectivity index (χ1) is 10.2. The maximum absolute atomic E-state index is 12.5. The number of rotatable bonds is 3. The van der Waals surface area contributed by atoms with Gasteiger partial charge in [-0.2, -0.15) is 0 Å². The first-order valence-electron chi connectivity index (χ1n) is 7.10. The van der Waals surface area contributed by atoms with Crippen molar-refractivity contribution in [2.24, 2.45) is 0 Å². The van der Waals surface area contributed by atoms with Crippen LogP contribution in [0.5, 0.6) is 0 Å². The summed E-state index contributed by atoms with van der Waals surface area (Å²) in [7, 11) is 0. The normalized spacial score (nSPS) is 16.5. The molecule has 1 atom stereocenters. The van der Waals surface area contributed by atoms with Gasteiger partial charge in [-0.05, 0) is 35.7 Å². The minimum atomic E-state index is -0.0849. The number of amides is 1. The molecule has 2 aromatic carbocycles. The molecule has 3 nitrogen and oxygen atoms in total. The summed E-state index contributed by atoms with van der Waals surface area (Å²) in [5.41, 5.74) is 9.71. The van der Waals surface area contributed by atoms with Crippen LogP contribution in [-0.4, -0.2) is 11.7 Å². The Bertz CT molecular complexity index is 684. The van der Waals surface area contributed by atoms with Crippen LogP contribution < -0.4 is 11.1 Å². The standard InChI is InChI=1S/C17H18N2OS/c1-2-11-7-8-12(9-15(11)18)19-17(20)14-10-21-16-6-4-3-5-13(14)16/h3-9,14H,2,10,18H2,1H3,(H,19,20). The molecule has 0 aliphatic carbocycles. The van der Waals surface area contributed by atoms with Gasteiger partial charge >= 0.3 is 0 Å². The Kier molecular flexibility index (Phi) is 3.88. The predicted molar refractivity (Wildman–Crippen MR) is 88.8 cm³/mol. The Labute approximate surface area is 128 Å². The number of fused-ring (bicyclic) bond motifs is 1. The number of anilines is 2. The molecule has 108 valence electrons. The molecule has 0 saturated carbocycles. The SMILES string of the molecule is CCc1ccc(NC(=O)C2CSc3ccccc32)cc1N. The van der Waals surface area contributed by atoms with Gasteiger partial charge in [0.15, 0.2) is 0 Å². The van der Waals surface area contributed by atoms with Crippen LogP contribution in [0.4, 0.5) is 11.4 Å². The maximum Gasteiger partial charge on any atom is 0.232 e. The number of nitrogens with one attached hydrogen (secondary N) is 1. The highest BCUT2D eigenvalue weighted by molar-refractivity contribution is 7.99. The Hall–Kier alpha value is -1.94. The number of nitrogen functional groups attached to an aromatic ring is 1. The van der Waals surface area contributed by atoms with Crippen LogP contribution in [0, 0.1) is 0 Å². The van der Waals surface area contributed by atoms with Crippen LogP contribution in [0.25, 0.3) is 0 Å². The highest BCUT2D eigenvalue weighted by atomic mass is 32.2. The molecule has 0 saturated heterocycles. The van der Waals surface area contributed by atoms with Gasteiger partial charge in [0.05, 0.1) is 5.92 Å². The third kappa shape index (κ3) is 2.76. The molecule has 3 N–H and O–H groups in total. The van der Waals surface area contributed by atoms with Gasteiger partial charge in [0.25, 0.3) is 0 Å². The molecular weight excluding hydrogens is 280 g/mol. The smallest absolute Gasteiger partial charge is 0.232 e. The number of hydrogen-bond donors (Lipinski definition) is 2. The van der Waals surface area contributed by atoms with Crippen molar-refractivity contribution in [3.05, 3.63) is 53.6 Å². The second kappa shape index (κ2) is 5.82. The third-order valence-corrected chi connectivity index (χ3v) is 4.99. The van der Waals surface area contributed by atoms with Crippen LogP contribution in [-0.2, 0) is 11.2 Å². The van der Waals surface area contributed by atoms with Crippen molar-refractivity contribution < 1.29 is 4.79 Å². The van der Waals surface area contributed by atoms with Crippen molar-refractivity contribution in [3.63, 3.8) is 0 Å². The van der Waals surface area contributed by atoms with Gasteiger partial charge in [-0.1, -0.05) is 31.2 Å². The Balaban J connectivity index is 1.77. The second-order valence-electron chi connectivity index (χ2n) is 5.16. The lowest BCUT2D eigenvalue weighted by molar-refractivity contribution is -0.117. The van der Waals surface area contributed by atoms with Crippen molar-refractivity contribution in [1.82, 2.24) is 0 Å². The monoisotopic (exact) mass is 298 g/mol. The van der Waals surface area contributed by atoms with Gasteiger partial charge in [0.1, 0.15) is 0 Å². The number of benzene rings is 2. The molecule has 1 aliphatic heterocycles. The number of carbonyl (C=O) groups is 1. The van der Waals surface area contributed by atoms with Gasteiger partial charge in [0.2, 0.25) is 5.91 Å². The van der Waals surface area contributed by atoms with Crippen molar-refractivity contribution in [2.75, 3.05) is 16.8 Å². The number of thioether (sulfide) groups is 1. The van der Waals surface area contributed by atoms with Gasteiger partial charge < -0.3 is 11.1 Å². The molecule has 3 rings (SSSR count). The van der Waals surface area contributed by atoms with Crippen molar-refractivity contribution in [3.8, 4) is 0 Å². The van der Waals surface area contributed by atoms with E-state index in [1.807, 2.05) is 36.4 Å². The molecule has 1 amide bonds. The van der Waals surface area contributed by atoms with E-state index in [4.69, 9.17) is 5.73 Å².